The predicted octanol–water partition coefficient (Wildman–Crippen LogP) is 5.48. The number of aromatic hydroxyl groups is 1. The minimum Gasteiger partial charge on any atom is -0.508 e. The summed E-state index contributed by atoms with van der Waals surface area (Å²) in [4.78, 5) is 11.9. The summed E-state index contributed by atoms with van der Waals surface area (Å²) in [6.45, 7) is 1.72. The standard InChI is InChI=1S/C22H16O4/c1-13-17(23)12-16(22(24)25)19-18(14-8-4-2-5-9-14)21(26-20(13)19)15-10-6-3-7-11-15/h2-12,23H,1H3,(H,24,25). The maximum atomic E-state index is 11.9. The average Bonchev–Trinajstić information content (AvgIpc) is 3.06. The van der Waals surface area contributed by atoms with E-state index in [9.17, 15) is 15.0 Å². The molecule has 0 aliphatic heterocycles. The summed E-state index contributed by atoms with van der Waals surface area (Å²) in [5.41, 5.74) is 3.35. The summed E-state index contributed by atoms with van der Waals surface area (Å²) in [5.74, 6) is -0.617. The molecule has 2 N–H and O–H groups in total. The molecular formula is C22H16O4. The molecule has 0 saturated carbocycles. The second-order valence-electron chi connectivity index (χ2n) is 6.12. The van der Waals surface area contributed by atoms with Gasteiger partial charge in [-0.1, -0.05) is 60.7 Å². The molecule has 1 aromatic heterocycles. The Labute approximate surface area is 150 Å². The van der Waals surface area contributed by atoms with E-state index >= 15 is 0 Å². The zero-order chi connectivity index (χ0) is 18.3. The monoisotopic (exact) mass is 344 g/mol. The molecule has 0 radical (unpaired) electrons. The van der Waals surface area contributed by atoms with E-state index < -0.39 is 5.97 Å². The van der Waals surface area contributed by atoms with Gasteiger partial charge < -0.3 is 14.6 Å². The molecule has 0 saturated heterocycles. The molecule has 4 aromatic rings. The molecule has 3 aromatic carbocycles. The normalized spacial score (nSPS) is 11.0. The van der Waals surface area contributed by atoms with E-state index in [4.69, 9.17) is 4.42 Å². The molecule has 0 unspecified atom stereocenters. The van der Waals surface area contributed by atoms with Gasteiger partial charge in [0.2, 0.25) is 0 Å². The van der Waals surface area contributed by atoms with Crippen molar-refractivity contribution >= 4 is 16.9 Å². The first-order valence-corrected chi connectivity index (χ1v) is 8.21. The molecular weight excluding hydrogens is 328 g/mol. The number of carboxylic acid groups (broad SMARTS) is 1. The maximum absolute atomic E-state index is 11.9. The van der Waals surface area contributed by atoms with Crippen LogP contribution in [-0.4, -0.2) is 16.2 Å². The molecule has 26 heavy (non-hydrogen) atoms. The lowest BCUT2D eigenvalue weighted by Gasteiger charge is -2.06. The topological polar surface area (TPSA) is 70.7 Å². The molecule has 0 amide bonds. The number of phenols is 1. The van der Waals surface area contributed by atoms with Gasteiger partial charge >= 0.3 is 5.97 Å². The Bertz CT molecular complexity index is 1110. The van der Waals surface area contributed by atoms with Crippen LogP contribution in [0, 0.1) is 6.92 Å². The summed E-state index contributed by atoms with van der Waals surface area (Å²) >= 11 is 0. The Morgan fingerprint density at radius 2 is 1.50 bits per heavy atom. The zero-order valence-electron chi connectivity index (χ0n) is 14.1. The van der Waals surface area contributed by atoms with Crippen LogP contribution in [-0.2, 0) is 0 Å². The van der Waals surface area contributed by atoms with Gasteiger partial charge in [0.05, 0.1) is 5.56 Å². The molecule has 1 heterocycles. The third kappa shape index (κ3) is 2.43. The second-order valence-corrected chi connectivity index (χ2v) is 6.12. The molecule has 4 rings (SSSR count). The highest BCUT2D eigenvalue weighted by molar-refractivity contribution is 6.13. The van der Waals surface area contributed by atoms with E-state index in [1.54, 1.807) is 6.92 Å². The summed E-state index contributed by atoms with van der Waals surface area (Å²) in [6.07, 6.45) is 0. The summed E-state index contributed by atoms with van der Waals surface area (Å²) in [7, 11) is 0. The second kappa shape index (κ2) is 6.08. The van der Waals surface area contributed by atoms with Crippen LogP contribution in [0.1, 0.15) is 15.9 Å². The zero-order valence-corrected chi connectivity index (χ0v) is 14.1. The maximum Gasteiger partial charge on any atom is 0.336 e. The molecule has 4 heteroatoms. The van der Waals surface area contributed by atoms with Gasteiger partial charge in [-0.2, -0.15) is 0 Å². The Morgan fingerprint density at radius 3 is 2.08 bits per heavy atom. The number of fused-ring (bicyclic) bond motifs is 1. The van der Waals surface area contributed by atoms with Crippen molar-refractivity contribution in [2.45, 2.75) is 6.92 Å². The Morgan fingerprint density at radius 1 is 0.923 bits per heavy atom. The third-order valence-electron chi connectivity index (χ3n) is 4.51. The Balaban J connectivity index is 2.20. The van der Waals surface area contributed by atoms with Gasteiger partial charge in [0.15, 0.2) is 0 Å². The number of benzene rings is 3. The van der Waals surface area contributed by atoms with Gasteiger partial charge in [-0.3, -0.25) is 0 Å². The minimum absolute atomic E-state index is 0.0212. The molecule has 0 spiro atoms. The van der Waals surface area contributed by atoms with Crippen molar-refractivity contribution in [1.29, 1.82) is 0 Å². The first-order valence-electron chi connectivity index (χ1n) is 8.21. The van der Waals surface area contributed by atoms with Crippen molar-refractivity contribution in [1.82, 2.24) is 0 Å². The number of carboxylic acids is 1. The molecule has 0 aliphatic rings. The van der Waals surface area contributed by atoms with Crippen LogP contribution in [0.5, 0.6) is 5.75 Å². The van der Waals surface area contributed by atoms with Crippen molar-refractivity contribution in [2.24, 2.45) is 0 Å². The highest BCUT2D eigenvalue weighted by Crippen LogP contribution is 2.45. The average molecular weight is 344 g/mol. The lowest BCUT2D eigenvalue weighted by atomic mass is 9.94. The van der Waals surface area contributed by atoms with Crippen molar-refractivity contribution in [3.8, 4) is 28.2 Å². The van der Waals surface area contributed by atoms with E-state index in [1.807, 2.05) is 60.7 Å². The van der Waals surface area contributed by atoms with Crippen LogP contribution >= 0.6 is 0 Å². The van der Waals surface area contributed by atoms with E-state index in [0.717, 1.165) is 11.1 Å². The first-order chi connectivity index (χ1) is 12.6. The van der Waals surface area contributed by atoms with Crippen LogP contribution in [0.25, 0.3) is 33.4 Å². The third-order valence-corrected chi connectivity index (χ3v) is 4.51. The fourth-order valence-corrected chi connectivity index (χ4v) is 3.23. The van der Waals surface area contributed by atoms with Crippen molar-refractivity contribution in [2.75, 3.05) is 0 Å². The molecule has 0 fully saturated rings. The number of furan rings is 1. The number of rotatable bonds is 3. The van der Waals surface area contributed by atoms with Crippen molar-refractivity contribution in [3.05, 3.63) is 77.9 Å². The van der Waals surface area contributed by atoms with Gasteiger partial charge in [-0.05, 0) is 18.6 Å². The van der Waals surface area contributed by atoms with Gasteiger partial charge in [0.25, 0.3) is 0 Å². The van der Waals surface area contributed by atoms with Gasteiger partial charge in [0, 0.05) is 22.1 Å². The molecule has 0 aliphatic carbocycles. The van der Waals surface area contributed by atoms with Crippen LogP contribution in [0.2, 0.25) is 0 Å². The predicted molar refractivity (Wildman–Crippen MR) is 100 cm³/mol. The first kappa shape index (κ1) is 16.0. The number of hydrogen-bond acceptors (Lipinski definition) is 3. The highest BCUT2D eigenvalue weighted by atomic mass is 16.4. The van der Waals surface area contributed by atoms with E-state index in [-0.39, 0.29) is 11.3 Å². The van der Waals surface area contributed by atoms with Gasteiger partial charge in [-0.25, -0.2) is 4.79 Å². The number of carbonyl (C=O) groups is 1. The van der Waals surface area contributed by atoms with Gasteiger partial charge in [-0.15, -0.1) is 0 Å². The lowest BCUT2D eigenvalue weighted by molar-refractivity contribution is 0.0698. The Kier molecular flexibility index (Phi) is 3.73. The van der Waals surface area contributed by atoms with E-state index in [0.29, 0.717) is 27.9 Å². The van der Waals surface area contributed by atoms with Crippen LogP contribution in [0.4, 0.5) is 0 Å². The molecule has 0 bridgehead atoms. The molecule has 0 atom stereocenters. The van der Waals surface area contributed by atoms with E-state index in [1.165, 1.54) is 6.07 Å². The SMILES string of the molecule is Cc1c(O)cc(C(=O)O)c2c(-c3ccccc3)c(-c3ccccc3)oc12. The van der Waals surface area contributed by atoms with Crippen LogP contribution < -0.4 is 0 Å². The van der Waals surface area contributed by atoms with Gasteiger partial charge in [0.1, 0.15) is 17.1 Å². The quantitative estimate of drug-likeness (QED) is 0.516. The Hall–Kier alpha value is -3.53. The summed E-state index contributed by atoms with van der Waals surface area (Å²) in [5, 5.41) is 20.4. The number of hydrogen-bond donors (Lipinski definition) is 2. The molecule has 4 nitrogen and oxygen atoms in total. The lowest BCUT2D eigenvalue weighted by Crippen LogP contribution is -1.98. The number of aromatic carboxylic acids is 1. The fourth-order valence-electron chi connectivity index (χ4n) is 3.23. The fraction of sp³-hybridized carbons (Fsp3) is 0.0455. The molecule has 128 valence electrons. The smallest absolute Gasteiger partial charge is 0.336 e. The number of phenolic OH excluding ortho intramolecular Hbond substituents is 1. The van der Waals surface area contributed by atoms with Crippen molar-refractivity contribution in [3.63, 3.8) is 0 Å². The van der Waals surface area contributed by atoms with Crippen LogP contribution in [0.3, 0.4) is 0 Å². The minimum atomic E-state index is -1.11. The van der Waals surface area contributed by atoms with Crippen LogP contribution in [0.15, 0.2) is 71.1 Å². The highest BCUT2D eigenvalue weighted by Gasteiger charge is 2.25. The largest absolute Gasteiger partial charge is 0.508 e. The summed E-state index contributed by atoms with van der Waals surface area (Å²) in [6, 6.07) is 20.4. The number of aryl methyl sites for hydroxylation is 1. The van der Waals surface area contributed by atoms with E-state index in [2.05, 4.69) is 0 Å². The van der Waals surface area contributed by atoms with Crippen molar-refractivity contribution < 1.29 is 19.4 Å². The summed E-state index contributed by atoms with van der Waals surface area (Å²) < 4.78 is 6.12.